The number of carbonyl (C=O) groups is 1. The number of rotatable bonds is 4. The maximum Gasteiger partial charge on any atom is 0.323 e. The Kier molecular flexibility index (Phi) is 3.55. The molecule has 2 aromatic rings. The monoisotopic (exact) mass is 267 g/mol. The highest BCUT2D eigenvalue weighted by Gasteiger charge is 2.15. The Labute approximate surface area is 107 Å². The summed E-state index contributed by atoms with van der Waals surface area (Å²) in [6.07, 6.45) is 1.86. The fraction of sp³-hybridized carbons (Fsp3) is 0.333. The van der Waals surface area contributed by atoms with Crippen molar-refractivity contribution in [3.63, 3.8) is 0 Å². The topological polar surface area (TPSA) is 98.0 Å². The van der Waals surface area contributed by atoms with Gasteiger partial charge in [0.2, 0.25) is 5.91 Å². The average Bonchev–Trinajstić information content (AvgIpc) is 2.76. The minimum absolute atomic E-state index is 0.0543. The number of aromatic nitrogens is 2. The van der Waals surface area contributed by atoms with Gasteiger partial charge in [-0.2, -0.15) is 0 Å². The molecule has 4 N–H and O–H groups in total. The summed E-state index contributed by atoms with van der Waals surface area (Å²) in [6, 6.07) is 0.977. The first kappa shape index (κ1) is 13.1. The van der Waals surface area contributed by atoms with Gasteiger partial charge in [-0.1, -0.05) is 13.3 Å². The lowest BCUT2D eigenvalue weighted by atomic mass is 10.2. The first-order valence-corrected chi connectivity index (χ1v) is 5.96. The van der Waals surface area contributed by atoms with Gasteiger partial charge < -0.3 is 20.4 Å². The van der Waals surface area contributed by atoms with Gasteiger partial charge in [-0.25, -0.2) is 9.18 Å². The molecular weight excluding hydrogens is 253 g/mol. The Morgan fingerprint density at radius 2 is 2.11 bits per heavy atom. The number of H-pyrrole nitrogens is 2. The van der Waals surface area contributed by atoms with Crippen LogP contribution in [0.2, 0.25) is 0 Å². The van der Waals surface area contributed by atoms with Crippen molar-refractivity contribution in [3.05, 3.63) is 22.4 Å². The highest BCUT2D eigenvalue weighted by atomic mass is 19.1. The number of imidazole rings is 1. The molecule has 0 saturated heterocycles. The van der Waals surface area contributed by atoms with Crippen molar-refractivity contribution in [2.24, 2.45) is 0 Å². The summed E-state index contributed by atoms with van der Waals surface area (Å²) in [5, 5.41) is 12.3. The second kappa shape index (κ2) is 5.13. The number of aromatic hydroxyl groups is 1. The van der Waals surface area contributed by atoms with Gasteiger partial charge in [-0.3, -0.25) is 4.79 Å². The third kappa shape index (κ3) is 2.59. The molecule has 0 spiro atoms. The van der Waals surface area contributed by atoms with Crippen LogP contribution in [0.4, 0.5) is 10.1 Å². The molecule has 102 valence electrons. The molecule has 1 aromatic carbocycles. The minimum Gasteiger partial charge on any atom is -0.504 e. The molecule has 0 aliphatic carbocycles. The van der Waals surface area contributed by atoms with Crippen molar-refractivity contribution in [2.75, 3.05) is 5.32 Å². The zero-order valence-corrected chi connectivity index (χ0v) is 10.3. The highest BCUT2D eigenvalue weighted by molar-refractivity contribution is 5.97. The van der Waals surface area contributed by atoms with Crippen molar-refractivity contribution in [2.45, 2.75) is 26.2 Å². The largest absolute Gasteiger partial charge is 0.504 e. The SMILES string of the molecule is CCCCC(=O)Nc1cc(F)c2[nH]c(=O)[nH]c2c1O. The van der Waals surface area contributed by atoms with E-state index in [0.29, 0.717) is 12.8 Å². The predicted molar refractivity (Wildman–Crippen MR) is 68.7 cm³/mol. The highest BCUT2D eigenvalue weighted by Crippen LogP contribution is 2.32. The Morgan fingerprint density at radius 1 is 1.42 bits per heavy atom. The molecule has 19 heavy (non-hydrogen) atoms. The quantitative estimate of drug-likeness (QED) is 0.636. The first-order chi connectivity index (χ1) is 9.02. The Balaban J connectivity index is 2.36. The molecule has 0 fully saturated rings. The summed E-state index contributed by atoms with van der Waals surface area (Å²) in [4.78, 5) is 27.1. The number of hydrogen-bond donors (Lipinski definition) is 4. The maximum atomic E-state index is 13.7. The number of fused-ring (bicyclic) bond motifs is 1. The molecule has 0 atom stereocenters. The fourth-order valence-electron chi connectivity index (χ4n) is 1.79. The number of phenols is 1. The molecule has 0 aliphatic heterocycles. The number of unbranched alkanes of at least 4 members (excludes halogenated alkanes) is 1. The Bertz CT molecular complexity index is 675. The molecule has 2 rings (SSSR count). The second-order valence-electron chi connectivity index (χ2n) is 4.24. The molecule has 1 aromatic heterocycles. The average molecular weight is 267 g/mol. The van der Waals surface area contributed by atoms with Gasteiger partial charge in [0.1, 0.15) is 11.0 Å². The molecule has 1 heterocycles. The maximum absolute atomic E-state index is 13.7. The van der Waals surface area contributed by atoms with Crippen LogP contribution in [0, 0.1) is 5.82 Å². The van der Waals surface area contributed by atoms with E-state index >= 15 is 0 Å². The van der Waals surface area contributed by atoms with Crippen LogP contribution in [0.15, 0.2) is 10.9 Å². The third-order valence-electron chi connectivity index (χ3n) is 2.76. The van der Waals surface area contributed by atoms with Crippen LogP contribution >= 0.6 is 0 Å². The standard InChI is InChI=1S/C12H14FN3O3/c1-2-3-4-8(17)14-7-5-6(13)9-10(11(7)18)16-12(19)15-9/h5,18H,2-4H2,1H3,(H,14,17)(H2,15,16,19). The third-order valence-corrected chi connectivity index (χ3v) is 2.76. The molecule has 1 amide bonds. The van der Waals surface area contributed by atoms with E-state index in [2.05, 4.69) is 15.3 Å². The molecule has 0 saturated carbocycles. The van der Waals surface area contributed by atoms with E-state index in [1.807, 2.05) is 6.92 Å². The fourth-order valence-corrected chi connectivity index (χ4v) is 1.79. The number of benzene rings is 1. The minimum atomic E-state index is -0.725. The lowest BCUT2D eigenvalue weighted by Crippen LogP contribution is -2.11. The molecule has 0 unspecified atom stereocenters. The van der Waals surface area contributed by atoms with Crippen LogP contribution < -0.4 is 11.0 Å². The van der Waals surface area contributed by atoms with Gasteiger partial charge in [0.05, 0.1) is 5.69 Å². The van der Waals surface area contributed by atoms with E-state index in [0.717, 1.165) is 12.5 Å². The summed E-state index contributed by atoms with van der Waals surface area (Å²) in [6.45, 7) is 1.95. The second-order valence-corrected chi connectivity index (χ2v) is 4.24. The number of hydrogen-bond acceptors (Lipinski definition) is 3. The van der Waals surface area contributed by atoms with E-state index in [1.165, 1.54) is 0 Å². The van der Waals surface area contributed by atoms with Crippen LogP contribution in [0.5, 0.6) is 5.75 Å². The van der Waals surface area contributed by atoms with E-state index in [-0.39, 0.29) is 28.4 Å². The number of phenolic OH excluding ortho intramolecular Hbond substituents is 1. The number of nitrogens with one attached hydrogen (secondary N) is 3. The number of halogens is 1. The predicted octanol–water partition coefficient (Wildman–Crippen LogP) is 1.83. The van der Waals surface area contributed by atoms with Crippen LogP contribution in [0.3, 0.4) is 0 Å². The molecule has 7 heteroatoms. The lowest BCUT2D eigenvalue weighted by Gasteiger charge is -2.08. The smallest absolute Gasteiger partial charge is 0.323 e. The Morgan fingerprint density at radius 3 is 2.79 bits per heavy atom. The van der Waals surface area contributed by atoms with Crippen LogP contribution in [-0.2, 0) is 4.79 Å². The van der Waals surface area contributed by atoms with Gasteiger partial charge in [0.25, 0.3) is 0 Å². The Hall–Kier alpha value is -2.31. The van der Waals surface area contributed by atoms with E-state index < -0.39 is 11.5 Å². The normalized spacial score (nSPS) is 10.8. The van der Waals surface area contributed by atoms with Crippen molar-refractivity contribution < 1.29 is 14.3 Å². The van der Waals surface area contributed by atoms with Gasteiger partial charge >= 0.3 is 5.69 Å². The van der Waals surface area contributed by atoms with Crippen LogP contribution in [0.1, 0.15) is 26.2 Å². The van der Waals surface area contributed by atoms with Crippen molar-refractivity contribution in [1.82, 2.24) is 9.97 Å². The van der Waals surface area contributed by atoms with Crippen LogP contribution in [0.25, 0.3) is 11.0 Å². The van der Waals surface area contributed by atoms with E-state index in [4.69, 9.17) is 0 Å². The van der Waals surface area contributed by atoms with E-state index in [1.54, 1.807) is 0 Å². The zero-order chi connectivity index (χ0) is 14.0. The van der Waals surface area contributed by atoms with Crippen molar-refractivity contribution in [3.8, 4) is 5.75 Å². The summed E-state index contributed by atoms with van der Waals surface area (Å²) >= 11 is 0. The summed E-state index contributed by atoms with van der Waals surface area (Å²) in [7, 11) is 0. The summed E-state index contributed by atoms with van der Waals surface area (Å²) < 4.78 is 13.7. The van der Waals surface area contributed by atoms with Gasteiger partial charge in [0, 0.05) is 12.5 Å². The van der Waals surface area contributed by atoms with Gasteiger partial charge in [-0.05, 0) is 6.42 Å². The molecule has 6 nitrogen and oxygen atoms in total. The number of aromatic amines is 2. The molecular formula is C12H14FN3O3. The van der Waals surface area contributed by atoms with Crippen molar-refractivity contribution >= 4 is 22.6 Å². The van der Waals surface area contributed by atoms with Crippen LogP contribution in [-0.4, -0.2) is 21.0 Å². The number of carbonyl (C=O) groups excluding carboxylic acids is 1. The van der Waals surface area contributed by atoms with E-state index in [9.17, 15) is 19.1 Å². The first-order valence-electron chi connectivity index (χ1n) is 5.96. The molecule has 0 radical (unpaired) electrons. The summed E-state index contributed by atoms with van der Waals surface area (Å²) in [5.41, 5.74) is -0.857. The lowest BCUT2D eigenvalue weighted by molar-refractivity contribution is -0.116. The zero-order valence-electron chi connectivity index (χ0n) is 10.3. The van der Waals surface area contributed by atoms with Gasteiger partial charge in [0.15, 0.2) is 11.6 Å². The van der Waals surface area contributed by atoms with Crippen molar-refractivity contribution in [1.29, 1.82) is 0 Å². The molecule has 0 bridgehead atoms. The number of anilines is 1. The van der Waals surface area contributed by atoms with Gasteiger partial charge in [-0.15, -0.1) is 0 Å². The number of amides is 1. The summed E-state index contributed by atoms with van der Waals surface area (Å²) in [5.74, 6) is -1.40. The molecule has 0 aliphatic rings.